The Balaban J connectivity index is 1.97. The quantitative estimate of drug-likeness (QED) is 0.848. The van der Waals surface area contributed by atoms with Gasteiger partial charge in [-0.1, -0.05) is 11.6 Å². The SMILES string of the molecule is CC(C)=CCO[C@@H]1COCC[C@H]1NC(=O)c1cccnc1C. The van der Waals surface area contributed by atoms with Crippen LogP contribution in [0.25, 0.3) is 0 Å². The van der Waals surface area contributed by atoms with Crippen molar-refractivity contribution in [1.29, 1.82) is 0 Å². The molecule has 2 heterocycles. The monoisotopic (exact) mass is 304 g/mol. The largest absolute Gasteiger partial charge is 0.379 e. The maximum Gasteiger partial charge on any atom is 0.253 e. The Morgan fingerprint density at radius 1 is 1.55 bits per heavy atom. The Kier molecular flexibility index (Phi) is 6.10. The van der Waals surface area contributed by atoms with Crippen molar-refractivity contribution >= 4 is 5.91 Å². The third kappa shape index (κ3) is 4.64. The number of ether oxygens (including phenoxy) is 2. The lowest BCUT2D eigenvalue weighted by atomic mass is 10.0. The molecular weight excluding hydrogens is 280 g/mol. The lowest BCUT2D eigenvalue weighted by Crippen LogP contribution is -2.50. The van der Waals surface area contributed by atoms with Gasteiger partial charge in [0.15, 0.2) is 0 Å². The number of carbonyl (C=O) groups is 1. The van der Waals surface area contributed by atoms with Crippen molar-refractivity contribution in [1.82, 2.24) is 10.3 Å². The fourth-order valence-electron chi connectivity index (χ4n) is 2.35. The minimum Gasteiger partial charge on any atom is -0.379 e. The van der Waals surface area contributed by atoms with E-state index in [0.717, 1.165) is 12.1 Å². The van der Waals surface area contributed by atoms with Gasteiger partial charge in [-0.3, -0.25) is 9.78 Å². The van der Waals surface area contributed by atoms with E-state index in [0.29, 0.717) is 25.4 Å². The van der Waals surface area contributed by atoms with Crippen LogP contribution < -0.4 is 5.32 Å². The Morgan fingerprint density at radius 2 is 2.36 bits per heavy atom. The predicted octanol–water partition coefficient (Wildman–Crippen LogP) is 2.26. The van der Waals surface area contributed by atoms with E-state index in [2.05, 4.69) is 10.3 Å². The molecule has 1 aromatic rings. The molecule has 2 atom stereocenters. The third-order valence-corrected chi connectivity index (χ3v) is 3.67. The van der Waals surface area contributed by atoms with Crippen molar-refractivity contribution in [3.63, 3.8) is 0 Å². The summed E-state index contributed by atoms with van der Waals surface area (Å²) in [5.74, 6) is -0.103. The molecule has 0 unspecified atom stereocenters. The molecule has 0 bridgehead atoms. The van der Waals surface area contributed by atoms with E-state index in [9.17, 15) is 4.79 Å². The molecule has 22 heavy (non-hydrogen) atoms. The van der Waals surface area contributed by atoms with Gasteiger partial charge in [0, 0.05) is 18.5 Å². The summed E-state index contributed by atoms with van der Waals surface area (Å²) in [6.07, 6.45) is 4.35. The van der Waals surface area contributed by atoms with Gasteiger partial charge in [0.1, 0.15) is 6.10 Å². The zero-order valence-corrected chi connectivity index (χ0v) is 13.5. The highest BCUT2D eigenvalue weighted by Gasteiger charge is 2.28. The van der Waals surface area contributed by atoms with Crippen LogP contribution in [0.5, 0.6) is 0 Å². The van der Waals surface area contributed by atoms with Gasteiger partial charge >= 0.3 is 0 Å². The number of nitrogens with zero attached hydrogens (tertiary/aromatic N) is 1. The van der Waals surface area contributed by atoms with Gasteiger partial charge in [-0.15, -0.1) is 0 Å². The molecule has 0 radical (unpaired) electrons. The first-order valence-corrected chi connectivity index (χ1v) is 7.63. The predicted molar refractivity (Wildman–Crippen MR) is 84.8 cm³/mol. The van der Waals surface area contributed by atoms with Gasteiger partial charge in [-0.25, -0.2) is 0 Å². The number of allylic oxidation sites excluding steroid dienone is 1. The van der Waals surface area contributed by atoms with Crippen LogP contribution in [0.3, 0.4) is 0 Å². The summed E-state index contributed by atoms with van der Waals surface area (Å²) >= 11 is 0. The second-order valence-corrected chi connectivity index (χ2v) is 5.73. The van der Waals surface area contributed by atoms with E-state index >= 15 is 0 Å². The number of carbonyl (C=O) groups excluding carboxylic acids is 1. The average molecular weight is 304 g/mol. The van der Waals surface area contributed by atoms with Gasteiger partial charge in [-0.05, 0) is 39.3 Å². The van der Waals surface area contributed by atoms with Gasteiger partial charge in [0.05, 0.1) is 24.8 Å². The minimum absolute atomic E-state index is 0.0357. The van der Waals surface area contributed by atoms with Crippen LogP contribution >= 0.6 is 0 Å². The molecule has 0 aromatic carbocycles. The lowest BCUT2D eigenvalue weighted by molar-refractivity contribution is -0.0589. The van der Waals surface area contributed by atoms with E-state index in [1.54, 1.807) is 18.3 Å². The molecule has 0 spiro atoms. The molecule has 1 aromatic heterocycles. The molecular formula is C17H24N2O3. The van der Waals surface area contributed by atoms with E-state index in [1.165, 1.54) is 5.57 Å². The zero-order chi connectivity index (χ0) is 15.9. The van der Waals surface area contributed by atoms with Crippen LogP contribution in [0.4, 0.5) is 0 Å². The Labute approximate surface area is 131 Å². The Morgan fingerprint density at radius 3 is 3.09 bits per heavy atom. The maximum atomic E-state index is 12.4. The fraction of sp³-hybridized carbons (Fsp3) is 0.529. The van der Waals surface area contributed by atoms with E-state index in [1.807, 2.05) is 26.8 Å². The van der Waals surface area contributed by atoms with Crippen molar-refractivity contribution in [3.8, 4) is 0 Å². The fourth-order valence-corrected chi connectivity index (χ4v) is 2.35. The number of aryl methyl sites for hydroxylation is 1. The van der Waals surface area contributed by atoms with Gasteiger partial charge in [-0.2, -0.15) is 0 Å². The number of rotatable bonds is 5. The first kappa shape index (κ1) is 16.6. The van der Waals surface area contributed by atoms with Crippen molar-refractivity contribution in [2.45, 2.75) is 39.3 Å². The number of hydrogen-bond acceptors (Lipinski definition) is 4. The van der Waals surface area contributed by atoms with Crippen molar-refractivity contribution < 1.29 is 14.3 Å². The van der Waals surface area contributed by atoms with E-state index in [4.69, 9.17) is 9.47 Å². The number of hydrogen-bond donors (Lipinski definition) is 1. The third-order valence-electron chi connectivity index (χ3n) is 3.67. The molecule has 0 aliphatic carbocycles. The summed E-state index contributed by atoms with van der Waals surface area (Å²) in [6.45, 7) is 7.58. The molecule has 0 saturated carbocycles. The topological polar surface area (TPSA) is 60.5 Å². The van der Waals surface area contributed by atoms with Gasteiger partial charge in [0.2, 0.25) is 0 Å². The summed E-state index contributed by atoms with van der Waals surface area (Å²) in [5.41, 5.74) is 2.55. The standard InChI is InChI=1S/C17H24N2O3/c1-12(2)6-10-22-16-11-21-9-7-15(16)19-17(20)14-5-4-8-18-13(14)3/h4-6,8,15-16H,7,9-11H2,1-3H3,(H,19,20)/t15-,16-/m1/s1. The number of pyridine rings is 1. The first-order valence-electron chi connectivity index (χ1n) is 7.63. The molecule has 5 heteroatoms. The van der Waals surface area contributed by atoms with Gasteiger partial charge < -0.3 is 14.8 Å². The highest BCUT2D eigenvalue weighted by molar-refractivity contribution is 5.95. The second-order valence-electron chi connectivity index (χ2n) is 5.73. The Hall–Kier alpha value is -1.72. The van der Waals surface area contributed by atoms with E-state index in [-0.39, 0.29) is 18.1 Å². The molecule has 1 aliphatic heterocycles. The summed E-state index contributed by atoms with van der Waals surface area (Å²) in [6, 6.07) is 3.52. The smallest absolute Gasteiger partial charge is 0.253 e. The van der Waals surface area contributed by atoms with Crippen molar-refractivity contribution in [2.24, 2.45) is 0 Å². The normalized spacial score (nSPS) is 21.2. The van der Waals surface area contributed by atoms with Crippen molar-refractivity contribution in [3.05, 3.63) is 41.2 Å². The number of amides is 1. The van der Waals surface area contributed by atoms with Crippen LogP contribution in [0.15, 0.2) is 30.0 Å². The molecule has 1 aliphatic rings. The molecule has 1 N–H and O–H groups in total. The maximum absolute atomic E-state index is 12.4. The summed E-state index contributed by atoms with van der Waals surface area (Å²) in [5, 5.41) is 3.06. The molecule has 5 nitrogen and oxygen atoms in total. The van der Waals surface area contributed by atoms with Crippen LogP contribution in [0.1, 0.15) is 36.3 Å². The highest BCUT2D eigenvalue weighted by atomic mass is 16.5. The summed E-state index contributed by atoms with van der Waals surface area (Å²) < 4.78 is 11.3. The van der Waals surface area contributed by atoms with Crippen LogP contribution in [-0.4, -0.2) is 42.9 Å². The molecule has 1 fully saturated rings. The minimum atomic E-state index is -0.120. The van der Waals surface area contributed by atoms with E-state index < -0.39 is 0 Å². The summed E-state index contributed by atoms with van der Waals surface area (Å²) in [7, 11) is 0. The zero-order valence-electron chi connectivity index (χ0n) is 13.5. The lowest BCUT2D eigenvalue weighted by Gasteiger charge is -2.32. The highest BCUT2D eigenvalue weighted by Crippen LogP contribution is 2.13. The Bertz CT molecular complexity index is 538. The first-order chi connectivity index (χ1) is 10.6. The average Bonchev–Trinajstić information content (AvgIpc) is 2.49. The van der Waals surface area contributed by atoms with Crippen LogP contribution in [-0.2, 0) is 9.47 Å². The second kappa shape index (κ2) is 8.06. The van der Waals surface area contributed by atoms with Gasteiger partial charge in [0.25, 0.3) is 5.91 Å². The number of aromatic nitrogens is 1. The van der Waals surface area contributed by atoms with Crippen LogP contribution in [0, 0.1) is 6.92 Å². The molecule has 1 amide bonds. The molecule has 120 valence electrons. The van der Waals surface area contributed by atoms with Crippen LogP contribution in [0.2, 0.25) is 0 Å². The van der Waals surface area contributed by atoms with Crippen molar-refractivity contribution in [2.75, 3.05) is 19.8 Å². The summed E-state index contributed by atoms with van der Waals surface area (Å²) in [4.78, 5) is 16.6. The molecule has 1 saturated heterocycles. The number of nitrogens with one attached hydrogen (secondary N) is 1. The molecule has 2 rings (SSSR count).